The van der Waals surface area contributed by atoms with Crippen molar-refractivity contribution in [2.75, 3.05) is 0 Å². The lowest BCUT2D eigenvalue weighted by Gasteiger charge is -2.59. The summed E-state index contributed by atoms with van der Waals surface area (Å²) in [5.74, 6) is 2.00. The summed E-state index contributed by atoms with van der Waals surface area (Å²) in [5.41, 5.74) is 3.32. The molecule has 4 saturated carbocycles. The summed E-state index contributed by atoms with van der Waals surface area (Å²) in [6, 6.07) is 16.3. The number of para-hydroxylation sites is 1. The van der Waals surface area contributed by atoms with E-state index in [0.717, 1.165) is 66.8 Å². The van der Waals surface area contributed by atoms with Gasteiger partial charge in [0.05, 0.1) is 0 Å². The quantitative estimate of drug-likeness (QED) is 0.405. The summed E-state index contributed by atoms with van der Waals surface area (Å²) < 4.78 is 0. The van der Waals surface area contributed by atoms with Gasteiger partial charge in [0.25, 0.3) is 0 Å². The standard InChI is InChI=1S/C32H37N3O3/c1-32(17-25-18-33-28-9-5-4-8-27(25)28,30(36)34-26-15-21-6-2-3-7-22(21)16-26)35(31(37)38)29-23-11-19-10-20(13-23)14-24(29)12-19/h2-9,18-20,23-24,26,29,33H,10-17H2,1H3,(H,34,36)(H,37,38). The van der Waals surface area contributed by atoms with E-state index in [1.54, 1.807) is 4.90 Å². The fourth-order valence-electron chi connectivity index (χ4n) is 8.91. The Morgan fingerprint density at radius 1 is 0.947 bits per heavy atom. The van der Waals surface area contributed by atoms with Crippen LogP contribution in [-0.2, 0) is 24.1 Å². The van der Waals surface area contributed by atoms with Crippen LogP contribution in [0.15, 0.2) is 54.7 Å². The van der Waals surface area contributed by atoms with Crippen molar-refractivity contribution in [1.29, 1.82) is 0 Å². The number of carbonyl (C=O) groups is 2. The summed E-state index contributed by atoms with van der Waals surface area (Å²) in [6.07, 6.45) is 8.63. The zero-order valence-electron chi connectivity index (χ0n) is 22.0. The number of carbonyl (C=O) groups excluding carboxylic acids is 1. The molecule has 2 amide bonds. The lowest BCUT2D eigenvalue weighted by molar-refractivity contribution is -0.141. The smallest absolute Gasteiger partial charge is 0.408 e. The first-order valence-electron chi connectivity index (χ1n) is 14.3. The molecule has 0 radical (unpaired) electrons. The molecule has 3 N–H and O–H groups in total. The second kappa shape index (κ2) is 8.89. The number of H-pyrrole nitrogens is 1. The third-order valence-electron chi connectivity index (χ3n) is 10.3. The Morgan fingerprint density at radius 2 is 1.55 bits per heavy atom. The number of carboxylic acid groups (broad SMARTS) is 1. The van der Waals surface area contributed by atoms with Crippen LogP contribution in [0.5, 0.6) is 0 Å². The monoisotopic (exact) mass is 511 g/mol. The number of hydrogen-bond acceptors (Lipinski definition) is 2. The van der Waals surface area contributed by atoms with Gasteiger partial charge in [0, 0.05) is 35.6 Å². The number of fused-ring (bicyclic) bond motifs is 2. The van der Waals surface area contributed by atoms with Crippen LogP contribution in [0, 0.1) is 23.7 Å². The molecule has 1 unspecified atom stereocenters. The van der Waals surface area contributed by atoms with Crippen LogP contribution in [0.25, 0.3) is 10.9 Å². The Kier molecular flexibility index (Phi) is 5.57. The molecular weight excluding hydrogens is 474 g/mol. The van der Waals surface area contributed by atoms with E-state index < -0.39 is 11.6 Å². The third-order valence-corrected chi connectivity index (χ3v) is 10.3. The van der Waals surface area contributed by atoms with E-state index in [0.29, 0.717) is 18.3 Å². The first-order chi connectivity index (χ1) is 18.4. The molecule has 1 aromatic heterocycles. The lowest BCUT2D eigenvalue weighted by atomic mass is 9.53. The second-order valence-corrected chi connectivity index (χ2v) is 12.7. The first-order valence-corrected chi connectivity index (χ1v) is 14.3. The highest BCUT2D eigenvalue weighted by atomic mass is 16.4. The topological polar surface area (TPSA) is 85.4 Å². The van der Waals surface area contributed by atoms with Crippen LogP contribution in [0.4, 0.5) is 4.79 Å². The minimum atomic E-state index is -1.22. The Labute approximate surface area is 223 Å². The van der Waals surface area contributed by atoms with E-state index in [-0.39, 0.29) is 18.0 Å². The van der Waals surface area contributed by atoms with E-state index in [9.17, 15) is 14.7 Å². The SMILES string of the molecule is CC(Cc1c[nH]c2ccccc12)(C(=O)NC1Cc2ccccc2C1)N(C(=O)O)C1C2CC3CC(C2)CC1C3. The summed E-state index contributed by atoms with van der Waals surface area (Å²) in [7, 11) is 0. The number of benzene rings is 2. The summed E-state index contributed by atoms with van der Waals surface area (Å²) >= 11 is 0. The van der Waals surface area contributed by atoms with Crippen LogP contribution in [0.1, 0.15) is 55.7 Å². The zero-order chi connectivity index (χ0) is 26.0. The second-order valence-electron chi connectivity index (χ2n) is 12.7. The molecule has 5 aliphatic carbocycles. The number of nitrogens with zero attached hydrogens (tertiary/aromatic N) is 1. The molecular formula is C32H37N3O3. The van der Waals surface area contributed by atoms with Crippen molar-refractivity contribution in [3.8, 4) is 0 Å². The molecule has 38 heavy (non-hydrogen) atoms. The molecule has 4 bridgehead atoms. The van der Waals surface area contributed by atoms with E-state index in [1.165, 1.54) is 17.5 Å². The van der Waals surface area contributed by atoms with Crippen LogP contribution in [0.2, 0.25) is 0 Å². The molecule has 2 aromatic carbocycles. The van der Waals surface area contributed by atoms with E-state index >= 15 is 0 Å². The van der Waals surface area contributed by atoms with Gasteiger partial charge in [-0.25, -0.2) is 4.79 Å². The van der Waals surface area contributed by atoms with Gasteiger partial charge in [0.1, 0.15) is 5.54 Å². The molecule has 0 saturated heterocycles. The Bertz CT molecular complexity index is 1340. The van der Waals surface area contributed by atoms with E-state index in [2.05, 4.69) is 28.5 Å². The van der Waals surface area contributed by atoms with Gasteiger partial charge in [0.2, 0.25) is 5.91 Å². The molecule has 1 atom stereocenters. The normalized spacial score (nSPS) is 29.2. The number of nitrogens with one attached hydrogen (secondary N) is 2. The molecule has 3 aromatic rings. The molecule has 6 nitrogen and oxygen atoms in total. The minimum absolute atomic E-state index is 0.0173. The average molecular weight is 512 g/mol. The zero-order valence-corrected chi connectivity index (χ0v) is 22.0. The van der Waals surface area contributed by atoms with Crippen molar-refractivity contribution in [2.24, 2.45) is 23.7 Å². The maximum absolute atomic E-state index is 14.4. The number of rotatable bonds is 6. The van der Waals surface area contributed by atoms with Gasteiger partial charge in [-0.3, -0.25) is 9.69 Å². The maximum atomic E-state index is 14.4. The van der Waals surface area contributed by atoms with Crippen molar-refractivity contribution in [3.63, 3.8) is 0 Å². The van der Waals surface area contributed by atoms with Gasteiger partial charge in [-0.2, -0.15) is 0 Å². The lowest BCUT2D eigenvalue weighted by Crippen LogP contribution is -2.68. The number of hydrogen-bond donors (Lipinski definition) is 3. The molecule has 0 aliphatic heterocycles. The van der Waals surface area contributed by atoms with Crippen molar-refractivity contribution in [3.05, 3.63) is 71.4 Å². The van der Waals surface area contributed by atoms with Gasteiger partial charge in [-0.05, 0) is 98.3 Å². The van der Waals surface area contributed by atoms with Gasteiger partial charge in [-0.1, -0.05) is 42.5 Å². The van der Waals surface area contributed by atoms with Gasteiger partial charge in [0.15, 0.2) is 0 Å². The van der Waals surface area contributed by atoms with Crippen LogP contribution in [0.3, 0.4) is 0 Å². The van der Waals surface area contributed by atoms with E-state index in [4.69, 9.17) is 0 Å². The Hall–Kier alpha value is -3.28. The number of aromatic amines is 1. The van der Waals surface area contributed by atoms with Gasteiger partial charge < -0.3 is 15.4 Å². The maximum Gasteiger partial charge on any atom is 0.408 e. The molecule has 1 heterocycles. The minimum Gasteiger partial charge on any atom is -0.465 e. The fraction of sp³-hybridized carbons (Fsp3) is 0.500. The van der Waals surface area contributed by atoms with Crippen LogP contribution >= 0.6 is 0 Å². The molecule has 5 aliphatic rings. The Morgan fingerprint density at radius 3 is 2.18 bits per heavy atom. The van der Waals surface area contributed by atoms with Crippen molar-refractivity contribution >= 4 is 22.9 Å². The Balaban J connectivity index is 1.25. The molecule has 4 fully saturated rings. The highest BCUT2D eigenvalue weighted by Gasteiger charge is 2.56. The molecule has 8 rings (SSSR count). The van der Waals surface area contributed by atoms with Crippen molar-refractivity contribution < 1.29 is 14.7 Å². The fourth-order valence-corrected chi connectivity index (χ4v) is 8.91. The average Bonchev–Trinajstić information content (AvgIpc) is 3.49. The van der Waals surface area contributed by atoms with Crippen molar-refractivity contribution in [2.45, 2.75) is 75.9 Å². The highest BCUT2D eigenvalue weighted by molar-refractivity contribution is 5.92. The largest absolute Gasteiger partial charge is 0.465 e. The third kappa shape index (κ3) is 3.83. The molecule has 0 spiro atoms. The number of amides is 2. The van der Waals surface area contributed by atoms with Crippen molar-refractivity contribution in [1.82, 2.24) is 15.2 Å². The van der Waals surface area contributed by atoms with Crippen LogP contribution < -0.4 is 5.32 Å². The predicted octanol–water partition coefficient (Wildman–Crippen LogP) is 5.56. The summed E-state index contributed by atoms with van der Waals surface area (Å²) in [6.45, 7) is 1.88. The first kappa shape index (κ1) is 23.8. The van der Waals surface area contributed by atoms with Gasteiger partial charge in [-0.15, -0.1) is 0 Å². The predicted molar refractivity (Wildman–Crippen MR) is 147 cm³/mol. The van der Waals surface area contributed by atoms with E-state index in [1.807, 2.05) is 43.5 Å². The highest BCUT2D eigenvalue weighted by Crippen LogP contribution is 2.56. The number of aromatic nitrogens is 1. The molecule has 198 valence electrons. The van der Waals surface area contributed by atoms with Crippen LogP contribution in [-0.4, -0.2) is 44.6 Å². The summed E-state index contributed by atoms with van der Waals surface area (Å²) in [4.78, 5) is 32.6. The van der Waals surface area contributed by atoms with Gasteiger partial charge >= 0.3 is 6.09 Å². The summed E-state index contributed by atoms with van der Waals surface area (Å²) in [5, 5.41) is 15.2. The molecule has 6 heteroatoms.